The van der Waals surface area contributed by atoms with E-state index in [1.807, 2.05) is 0 Å². The van der Waals surface area contributed by atoms with Crippen LogP contribution in [0.15, 0.2) is 0 Å². The van der Waals surface area contributed by atoms with Gasteiger partial charge in [0.25, 0.3) is 0 Å². The summed E-state index contributed by atoms with van der Waals surface area (Å²) in [4.78, 5) is 0. The van der Waals surface area contributed by atoms with Crippen molar-refractivity contribution in [2.45, 2.75) is 18.4 Å². The third-order valence-corrected chi connectivity index (χ3v) is 2.88. The smallest absolute Gasteiger partial charge is 0.0532 e. The first-order valence-corrected chi connectivity index (χ1v) is 4.17. The maximum Gasteiger partial charge on any atom is 0.0532 e. The molecule has 2 bridgehead atoms. The molecule has 0 atom stereocenters. The van der Waals surface area contributed by atoms with E-state index in [4.69, 9.17) is 10.5 Å². The van der Waals surface area contributed by atoms with Crippen LogP contribution in [0.2, 0.25) is 0 Å². The van der Waals surface area contributed by atoms with E-state index < -0.39 is 0 Å². The van der Waals surface area contributed by atoms with Crippen molar-refractivity contribution >= 4 is 0 Å². The lowest BCUT2D eigenvalue weighted by molar-refractivity contribution is -0.0644. The van der Waals surface area contributed by atoms with Crippen LogP contribution >= 0.6 is 0 Å². The van der Waals surface area contributed by atoms with Crippen LogP contribution in [0.1, 0.15) is 12.8 Å². The third-order valence-electron chi connectivity index (χ3n) is 2.88. The molecule has 3 heteroatoms. The van der Waals surface area contributed by atoms with Gasteiger partial charge in [-0.2, -0.15) is 0 Å². The van der Waals surface area contributed by atoms with Gasteiger partial charge in [-0.3, -0.25) is 0 Å². The molecule has 0 unspecified atom stereocenters. The van der Waals surface area contributed by atoms with Gasteiger partial charge in [-0.05, 0) is 12.8 Å². The molecule has 2 aliphatic heterocycles. The van der Waals surface area contributed by atoms with Gasteiger partial charge in [0.1, 0.15) is 0 Å². The maximum atomic E-state index is 6.04. The molecule has 3 N–H and O–H groups in total. The highest BCUT2D eigenvalue weighted by Gasteiger charge is 2.55. The van der Waals surface area contributed by atoms with Crippen LogP contribution in [0.5, 0.6) is 0 Å². The molecule has 3 aliphatic rings. The van der Waals surface area contributed by atoms with Gasteiger partial charge in [0.05, 0.1) is 6.61 Å². The predicted molar refractivity (Wildman–Crippen MR) is 43.3 cm³/mol. The van der Waals surface area contributed by atoms with E-state index >= 15 is 0 Å². The zero-order chi connectivity index (χ0) is 7.95. The van der Waals surface area contributed by atoms with Crippen LogP contribution in [0.3, 0.4) is 0 Å². The summed E-state index contributed by atoms with van der Waals surface area (Å²) in [5.74, 6) is 0. The zero-order valence-corrected chi connectivity index (χ0v) is 7.02. The van der Waals surface area contributed by atoms with E-state index in [1.165, 1.54) is 0 Å². The Bertz CT molecular complexity index is 159. The first-order valence-electron chi connectivity index (χ1n) is 4.17. The highest BCUT2D eigenvalue weighted by molar-refractivity contribution is 5.13. The van der Waals surface area contributed by atoms with Crippen LogP contribution in [0, 0.1) is 5.41 Å². The van der Waals surface area contributed by atoms with Gasteiger partial charge < -0.3 is 15.8 Å². The highest BCUT2D eigenvalue weighted by atomic mass is 16.5. The summed E-state index contributed by atoms with van der Waals surface area (Å²) in [6, 6.07) is 0. The average Bonchev–Trinajstić information content (AvgIpc) is 1.85. The van der Waals surface area contributed by atoms with Gasteiger partial charge in [-0.25, -0.2) is 0 Å². The number of hydrogen-bond acceptors (Lipinski definition) is 3. The second-order valence-electron chi connectivity index (χ2n) is 4.25. The summed E-state index contributed by atoms with van der Waals surface area (Å²) in [7, 11) is 1.76. The summed E-state index contributed by atoms with van der Waals surface area (Å²) in [6.07, 6.45) is 2.28. The molecular weight excluding hydrogens is 140 g/mol. The van der Waals surface area contributed by atoms with E-state index in [-0.39, 0.29) is 5.54 Å². The number of methoxy groups -OCH3 is 1. The largest absolute Gasteiger partial charge is 0.384 e. The summed E-state index contributed by atoms with van der Waals surface area (Å²) in [5.41, 5.74) is 6.51. The molecule has 2 saturated heterocycles. The fourth-order valence-corrected chi connectivity index (χ4v) is 2.73. The molecule has 0 spiro atoms. The molecule has 0 amide bonds. The topological polar surface area (TPSA) is 47.3 Å². The Morgan fingerprint density at radius 1 is 1.45 bits per heavy atom. The number of nitrogens with one attached hydrogen (secondary N) is 1. The van der Waals surface area contributed by atoms with Crippen molar-refractivity contribution < 1.29 is 4.74 Å². The first-order chi connectivity index (χ1) is 5.18. The lowest BCUT2D eigenvalue weighted by atomic mass is 9.55. The van der Waals surface area contributed by atoms with E-state index in [1.54, 1.807) is 7.11 Å². The maximum absolute atomic E-state index is 6.04. The summed E-state index contributed by atoms with van der Waals surface area (Å²) >= 11 is 0. The summed E-state index contributed by atoms with van der Waals surface area (Å²) in [5, 5.41) is 3.35. The fraction of sp³-hybridized carbons (Fsp3) is 1.00. The minimum atomic E-state index is 0.0940. The monoisotopic (exact) mass is 156 g/mol. The van der Waals surface area contributed by atoms with Crippen LogP contribution in [-0.4, -0.2) is 32.3 Å². The Kier molecular flexibility index (Phi) is 1.50. The molecule has 64 valence electrons. The lowest BCUT2D eigenvalue weighted by Gasteiger charge is -2.58. The number of hydrogen-bond donors (Lipinski definition) is 2. The molecule has 3 rings (SSSR count). The van der Waals surface area contributed by atoms with Crippen LogP contribution in [0.4, 0.5) is 0 Å². The van der Waals surface area contributed by atoms with Gasteiger partial charge in [0.15, 0.2) is 0 Å². The Labute approximate surface area is 67.3 Å². The van der Waals surface area contributed by atoms with E-state index in [9.17, 15) is 0 Å². The first kappa shape index (κ1) is 7.53. The number of rotatable bonds is 2. The SMILES string of the molecule is COCC12CNCC(N)(C1)C2. The molecule has 1 saturated carbocycles. The third kappa shape index (κ3) is 1.08. The van der Waals surface area contributed by atoms with Crippen molar-refractivity contribution in [1.29, 1.82) is 0 Å². The van der Waals surface area contributed by atoms with Gasteiger partial charge in [0.2, 0.25) is 0 Å². The molecule has 11 heavy (non-hydrogen) atoms. The molecule has 3 fully saturated rings. The van der Waals surface area contributed by atoms with E-state index in [0.29, 0.717) is 5.41 Å². The minimum absolute atomic E-state index is 0.0940. The van der Waals surface area contributed by atoms with Gasteiger partial charge in [-0.15, -0.1) is 0 Å². The lowest BCUT2D eigenvalue weighted by Crippen LogP contribution is -2.71. The second kappa shape index (κ2) is 2.19. The number of piperidine rings is 2. The molecule has 0 radical (unpaired) electrons. The van der Waals surface area contributed by atoms with Crippen molar-refractivity contribution in [2.75, 3.05) is 26.8 Å². The van der Waals surface area contributed by atoms with Gasteiger partial charge in [-0.1, -0.05) is 0 Å². The van der Waals surface area contributed by atoms with Crippen molar-refractivity contribution in [3.05, 3.63) is 0 Å². The van der Waals surface area contributed by atoms with Crippen molar-refractivity contribution in [1.82, 2.24) is 5.32 Å². The standard InChI is InChI=1S/C8H16N2O/c1-11-6-7-2-8(9,3-7)5-10-4-7/h10H,2-6,9H2,1H3. The Hall–Kier alpha value is -0.120. The highest BCUT2D eigenvalue weighted by Crippen LogP contribution is 2.49. The minimum Gasteiger partial charge on any atom is -0.384 e. The van der Waals surface area contributed by atoms with Crippen LogP contribution < -0.4 is 11.1 Å². The second-order valence-corrected chi connectivity index (χ2v) is 4.25. The summed E-state index contributed by atoms with van der Waals surface area (Å²) in [6.45, 7) is 2.93. The van der Waals surface area contributed by atoms with E-state index in [2.05, 4.69) is 5.32 Å². The van der Waals surface area contributed by atoms with Gasteiger partial charge >= 0.3 is 0 Å². The number of nitrogens with two attached hydrogens (primary N) is 1. The van der Waals surface area contributed by atoms with Crippen molar-refractivity contribution in [3.8, 4) is 0 Å². The number of ether oxygens (including phenoxy) is 1. The van der Waals surface area contributed by atoms with E-state index in [0.717, 1.165) is 32.5 Å². The quantitative estimate of drug-likeness (QED) is 0.578. The van der Waals surface area contributed by atoms with Crippen molar-refractivity contribution in [3.63, 3.8) is 0 Å². The molecule has 0 aromatic rings. The molecule has 0 aromatic heterocycles. The Morgan fingerprint density at radius 3 is 2.73 bits per heavy atom. The molecule has 1 aliphatic carbocycles. The molecular formula is C8H16N2O. The molecule has 3 nitrogen and oxygen atoms in total. The van der Waals surface area contributed by atoms with Gasteiger partial charge in [0, 0.05) is 31.2 Å². The average molecular weight is 156 g/mol. The Morgan fingerprint density at radius 2 is 2.18 bits per heavy atom. The molecule has 2 heterocycles. The van der Waals surface area contributed by atoms with Crippen LogP contribution in [-0.2, 0) is 4.74 Å². The fourth-order valence-electron chi connectivity index (χ4n) is 2.73. The zero-order valence-electron chi connectivity index (χ0n) is 7.02. The normalized spacial score (nSPS) is 48.5. The predicted octanol–water partition coefficient (Wildman–Crippen LogP) is -0.286. The summed E-state index contributed by atoms with van der Waals surface area (Å²) < 4.78 is 5.17. The Balaban J connectivity index is 1.99. The van der Waals surface area contributed by atoms with Crippen LogP contribution in [0.25, 0.3) is 0 Å². The van der Waals surface area contributed by atoms with Crippen molar-refractivity contribution in [2.24, 2.45) is 11.1 Å². The number of fused-ring (bicyclic) bond motifs is 2. The molecule has 0 aromatic carbocycles.